The molecule has 0 aliphatic carbocycles. The SMILES string of the molecule is CNC1c2cc(Br)cc(F)c2CSC1C. The van der Waals surface area contributed by atoms with Gasteiger partial charge in [0, 0.05) is 27.1 Å². The second-order valence-electron chi connectivity index (χ2n) is 3.74. The van der Waals surface area contributed by atoms with Crippen molar-refractivity contribution in [2.75, 3.05) is 7.05 Å². The van der Waals surface area contributed by atoms with Crippen molar-refractivity contribution in [3.05, 3.63) is 33.5 Å². The predicted octanol–water partition coefficient (Wildman–Crippen LogP) is 3.48. The van der Waals surface area contributed by atoms with E-state index in [-0.39, 0.29) is 11.9 Å². The smallest absolute Gasteiger partial charge is 0.128 e. The van der Waals surface area contributed by atoms with Crippen molar-refractivity contribution in [2.45, 2.75) is 24.0 Å². The number of benzene rings is 1. The summed E-state index contributed by atoms with van der Waals surface area (Å²) in [7, 11) is 1.93. The Balaban J connectivity index is 2.52. The Kier molecular flexibility index (Phi) is 3.38. The molecule has 0 fully saturated rings. The molecule has 82 valence electrons. The molecule has 1 N–H and O–H groups in total. The first-order chi connectivity index (χ1) is 7.13. The van der Waals surface area contributed by atoms with Gasteiger partial charge in [-0.3, -0.25) is 0 Å². The number of fused-ring (bicyclic) bond motifs is 1. The molecule has 0 aromatic heterocycles. The average Bonchev–Trinajstić information content (AvgIpc) is 2.17. The fourth-order valence-electron chi connectivity index (χ4n) is 2.01. The lowest BCUT2D eigenvalue weighted by atomic mass is 9.98. The molecule has 1 heterocycles. The maximum absolute atomic E-state index is 13.7. The van der Waals surface area contributed by atoms with Gasteiger partial charge in [0.2, 0.25) is 0 Å². The van der Waals surface area contributed by atoms with Crippen LogP contribution in [0.1, 0.15) is 24.1 Å². The minimum absolute atomic E-state index is 0.0981. The highest BCUT2D eigenvalue weighted by molar-refractivity contribution is 9.10. The molecule has 1 aliphatic heterocycles. The van der Waals surface area contributed by atoms with Crippen molar-refractivity contribution in [1.29, 1.82) is 0 Å². The highest BCUT2D eigenvalue weighted by atomic mass is 79.9. The third-order valence-corrected chi connectivity index (χ3v) is 4.51. The van der Waals surface area contributed by atoms with Crippen LogP contribution in [0, 0.1) is 5.82 Å². The number of nitrogens with one attached hydrogen (secondary N) is 1. The normalized spacial score (nSPS) is 25.1. The summed E-state index contributed by atoms with van der Waals surface area (Å²) in [5.74, 6) is 0.673. The Morgan fingerprint density at radius 2 is 2.27 bits per heavy atom. The molecule has 1 aromatic rings. The number of hydrogen-bond donors (Lipinski definition) is 1. The maximum atomic E-state index is 13.7. The maximum Gasteiger partial charge on any atom is 0.128 e. The quantitative estimate of drug-likeness (QED) is 0.849. The molecule has 1 aliphatic rings. The van der Waals surface area contributed by atoms with E-state index in [2.05, 4.69) is 28.2 Å². The van der Waals surface area contributed by atoms with Crippen molar-refractivity contribution < 1.29 is 4.39 Å². The lowest BCUT2D eigenvalue weighted by molar-refractivity contribution is 0.557. The number of thioether (sulfide) groups is 1. The minimum Gasteiger partial charge on any atom is -0.312 e. The summed E-state index contributed by atoms with van der Waals surface area (Å²) >= 11 is 5.14. The van der Waals surface area contributed by atoms with Gasteiger partial charge in [0.05, 0.1) is 0 Å². The van der Waals surface area contributed by atoms with Crippen LogP contribution < -0.4 is 5.32 Å². The molecule has 0 saturated carbocycles. The van der Waals surface area contributed by atoms with Crippen LogP contribution in [-0.2, 0) is 5.75 Å². The lowest BCUT2D eigenvalue weighted by Gasteiger charge is -2.31. The zero-order chi connectivity index (χ0) is 11.0. The van der Waals surface area contributed by atoms with E-state index in [0.29, 0.717) is 5.25 Å². The summed E-state index contributed by atoms with van der Waals surface area (Å²) in [4.78, 5) is 0. The van der Waals surface area contributed by atoms with E-state index in [9.17, 15) is 4.39 Å². The molecule has 2 atom stereocenters. The Labute approximate surface area is 102 Å². The van der Waals surface area contributed by atoms with Crippen LogP contribution in [0.4, 0.5) is 4.39 Å². The van der Waals surface area contributed by atoms with Crippen LogP contribution in [-0.4, -0.2) is 12.3 Å². The Hall–Kier alpha value is -0.0600. The molecule has 0 amide bonds. The fraction of sp³-hybridized carbons (Fsp3) is 0.455. The zero-order valence-corrected chi connectivity index (χ0v) is 11.1. The molecule has 0 spiro atoms. The molecule has 4 heteroatoms. The Bertz CT molecular complexity index is 383. The van der Waals surface area contributed by atoms with Crippen LogP contribution in [0.15, 0.2) is 16.6 Å². The van der Waals surface area contributed by atoms with Gasteiger partial charge in [-0.2, -0.15) is 11.8 Å². The topological polar surface area (TPSA) is 12.0 Å². The molecular weight excluding hydrogens is 277 g/mol. The summed E-state index contributed by atoms with van der Waals surface area (Å²) in [5, 5.41) is 3.74. The molecule has 0 saturated heterocycles. The zero-order valence-electron chi connectivity index (χ0n) is 8.68. The van der Waals surface area contributed by atoms with E-state index in [1.165, 1.54) is 0 Å². The number of rotatable bonds is 1. The third kappa shape index (κ3) is 2.08. The third-order valence-electron chi connectivity index (χ3n) is 2.80. The number of hydrogen-bond acceptors (Lipinski definition) is 2. The minimum atomic E-state index is -0.0981. The monoisotopic (exact) mass is 289 g/mol. The average molecular weight is 290 g/mol. The van der Waals surface area contributed by atoms with Crippen molar-refractivity contribution in [3.8, 4) is 0 Å². The fourth-order valence-corrected chi connectivity index (χ4v) is 3.66. The molecule has 0 radical (unpaired) electrons. The van der Waals surface area contributed by atoms with E-state index in [0.717, 1.165) is 21.4 Å². The molecule has 1 nitrogen and oxygen atoms in total. The molecular formula is C11H13BrFNS. The summed E-state index contributed by atoms with van der Waals surface area (Å²) in [6.07, 6.45) is 0. The standard InChI is InChI=1S/C11H13BrFNS/c1-6-11(14-2)8-3-7(12)4-10(13)9(8)5-15-6/h3-4,6,11,14H,5H2,1-2H3. The molecule has 2 unspecified atom stereocenters. The Morgan fingerprint density at radius 1 is 1.53 bits per heavy atom. The largest absolute Gasteiger partial charge is 0.312 e. The van der Waals surface area contributed by atoms with Crippen molar-refractivity contribution in [1.82, 2.24) is 5.32 Å². The van der Waals surface area contributed by atoms with Crippen LogP contribution >= 0.6 is 27.7 Å². The highest BCUT2D eigenvalue weighted by Crippen LogP contribution is 2.39. The lowest BCUT2D eigenvalue weighted by Crippen LogP contribution is -2.29. The van der Waals surface area contributed by atoms with Crippen molar-refractivity contribution in [2.24, 2.45) is 0 Å². The van der Waals surface area contributed by atoms with E-state index in [1.54, 1.807) is 17.8 Å². The van der Waals surface area contributed by atoms with Gasteiger partial charge >= 0.3 is 0 Å². The second-order valence-corrected chi connectivity index (χ2v) is 6.02. The van der Waals surface area contributed by atoms with Gasteiger partial charge < -0.3 is 5.32 Å². The molecule has 0 bridgehead atoms. The van der Waals surface area contributed by atoms with Crippen molar-refractivity contribution in [3.63, 3.8) is 0 Å². The van der Waals surface area contributed by atoms with Gasteiger partial charge in [0.15, 0.2) is 0 Å². The van der Waals surface area contributed by atoms with Gasteiger partial charge in [-0.05, 0) is 24.7 Å². The number of halogens is 2. The molecule has 2 rings (SSSR count). The van der Waals surface area contributed by atoms with Crippen LogP contribution in [0.3, 0.4) is 0 Å². The van der Waals surface area contributed by atoms with Crippen LogP contribution in [0.2, 0.25) is 0 Å². The van der Waals surface area contributed by atoms with Gasteiger partial charge in [-0.15, -0.1) is 0 Å². The van der Waals surface area contributed by atoms with Crippen LogP contribution in [0.25, 0.3) is 0 Å². The summed E-state index contributed by atoms with van der Waals surface area (Å²) in [6.45, 7) is 2.17. The first-order valence-corrected chi connectivity index (χ1v) is 6.74. The van der Waals surface area contributed by atoms with Gasteiger partial charge in [0.25, 0.3) is 0 Å². The predicted molar refractivity (Wildman–Crippen MR) is 66.7 cm³/mol. The molecule has 15 heavy (non-hydrogen) atoms. The highest BCUT2D eigenvalue weighted by Gasteiger charge is 2.27. The van der Waals surface area contributed by atoms with E-state index >= 15 is 0 Å². The van der Waals surface area contributed by atoms with Crippen LogP contribution in [0.5, 0.6) is 0 Å². The van der Waals surface area contributed by atoms with Gasteiger partial charge in [-0.1, -0.05) is 22.9 Å². The summed E-state index contributed by atoms with van der Waals surface area (Å²) in [6, 6.07) is 3.81. The first-order valence-electron chi connectivity index (χ1n) is 4.90. The van der Waals surface area contributed by atoms with E-state index < -0.39 is 0 Å². The van der Waals surface area contributed by atoms with Gasteiger partial charge in [0.1, 0.15) is 5.82 Å². The Morgan fingerprint density at radius 3 is 2.93 bits per heavy atom. The van der Waals surface area contributed by atoms with E-state index in [4.69, 9.17) is 0 Å². The molecule has 1 aromatic carbocycles. The first kappa shape index (κ1) is 11.4. The van der Waals surface area contributed by atoms with Crippen molar-refractivity contribution >= 4 is 27.7 Å². The van der Waals surface area contributed by atoms with Gasteiger partial charge in [-0.25, -0.2) is 4.39 Å². The summed E-state index contributed by atoms with van der Waals surface area (Å²) in [5.41, 5.74) is 1.94. The van der Waals surface area contributed by atoms with E-state index in [1.807, 2.05) is 13.1 Å². The summed E-state index contributed by atoms with van der Waals surface area (Å²) < 4.78 is 14.5. The second kappa shape index (κ2) is 4.44.